The molecule has 0 aliphatic carbocycles. The summed E-state index contributed by atoms with van der Waals surface area (Å²) in [5, 5.41) is 18.5. The Morgan fingerprint density at radius 1 is 1.25 bits per heavy atom. The molecule has 1 aromatic carbocycles. The van der Waals surface area contributed by atoms with Gasteiger partial charge in [0.1, 0.15) is 0 Å². The molecule has 1 atom stereocenters. The van der Waals surface area contributed by atoms with E-state index in [4.69, 9.17) is 33.4 Å². The predicted octanol–water partition coefficient (Wildman–Crippen LogP) is 2.85. The number of hydrogen-bond donors (Lipinski definition) is 4. The summed E-state index contributed by atoms with van der Waals surface area (Å²) in [5.41, 5.74) is 5.23. The van der Waals surface area contributed by atoms with Crippen LogP contribution in [0.3, 0.4) is 0 Å². The number of alkyl halides is 3. The van der Waals surface area contributed by atoms with Gasteiger partial charge in [0.05, 0.1) is 22.8 Å². The Bertz CT molecular complexity index is 622. The van der Waals surface area contributed by atoms with Gasteiger partial charge in [0.15, 0.2) is 0 Å². The first-order valence-electron chi connectivity index (χ1n) is 7.52. The third-order valence-electron chi connectivity index (χ3n) is 2.35. The number of thiol groups is 1. The first-order valence-corrected chi connectivity index (χ1v) is 9.17. The molecule has 0 fully saturated rings. The Kier molecular flexibility index (Phi) is 20.2. The van der Waals surface area contributed by atoms with Crippen LogP contribution in [-0.2, 0) is 4.79 Å². The SMILES string of the molecule is CN.CN(C)C(=O)C(F)(F)F.CS.OCC(O)CC#Cc1ccc(Cl)c(Cl)c1. The van der Waals surface area contributed by atoms with E-state index in [1.165, 1.54) is 7.05 Å². The van der Waals surface area contributed by atoms with Crippen LogP contribution in [0.5, 0.6) is 0 Å². The van der Waals surface area contributed by atoms with Gasteiger partial charge in [-0.2, -0.15) is 25.8 Å². The van der Waals surface area contributed by atoms with Crippen molar-refractivity contribution >= 4 is 41.7 Å². The van der Waals surface area contributed by atoms with Crippen molar-refractivity contribution in [1.82, 2.24) is 4.90 Å². The number of hydrogen-bond acceptors (Lipinski definition) is 5. The molecule has 0 radical (unpaired) electrons. The number of aliphatic hydroxyl groups is 2. The van der Waals surface area contributed by atoms with Gasteiger partial charge in [0, 0.05) is 26.1 Å². The molecule has 1 unspecified atom stereocenters. The number of carbonyl (C=O) groups excluding carboxylic acids is 1. The quantitative estimate of drug-likeness (QED) is 0.400. The molecule has 0 saturated carbocycles. The number of nitrogens with two attached hydrogens (primary N) is 1. The summed E-state index contributed by atoms with van der Waals surface area (Å²) >= 11 is 15.1. The third-order valence-corrected chi connectivity index (χ3v) is 3.09. The summed E-state index contributed by atoms with van der Waals surface area (Å²) in [4.78, 5) is 10.5. The van der Waals surface area contributed by atoms with E-state index in [2.05, 4.69) is 30.2 Å². The van der Waals surface area contributed by atoms with Crippen molar-refractivity contribution in [2.45, 2.75) is 18.7 Å². The Morgan fingerprint density at radius 3 is 2.07 bits per heavy atom. The van der Waals surface area contributed by atoms with Crippen LogP contribution in [0.25, 0.3) is 0 Å². The molecule has 0 spiro atoms. The fourth-order valence-electron chi connectivity index (χ4n) is 1.16. The second kappa shape index (κ2) is 17.9. The molecule has 0 bridgehead atoms. The van der Waals surface area contributed by atoms with Crippen LogP contribution in [-0.4, -0.2) is 67.3 Å². The topological polar surface area (TPSA) is 86.8 Å². The number of halogens is 5. The molecule has 0 aliphatic rings. The average molecular weight is 465 g/mol. The molecular weight excluding hydrogens is 440 g/mol. The Hall–Kier alpha value is -1.15. The van der Waals surface area contributed by atoms with Gasteiger partial charge in [-0.15, -0.1) is 0 Å². The normalized spacial score (nSPS) is 10.3. The lowest BCUT2D eigenvalue weighted by Crippen LogP contribution is -2.35. The Labute approximate surface area is 179 Å². The second-order valence-corrected chi connectivity index (χ2v) is 5.48. The standard InChI is InChI=1S/C11H10Cl2O2.C4H6F3NO.CH5N.CH4S/c12-10-5-4-8(6-11(10)13)2-1-3-9(15)7-14;1-8(2)3(9)4(5,6)7;2*1-2/h4-6,9,14-15H,3,7H2;1-2H3;2H2,1H3;2H,1H3. The van der Waals surface area contributed by atoms with Gasteiger partial charge in [-0.25, -0.2) is 0 Å². The van der Waals surface area contributed by atoms with E-state index in [-0.39, 0.29) is 13.0 Å². The first kappa shape index (κ1) is 31.5. The van der Waals surface area contributed by atoms with Crippen LogP contribution in [0, 0.1) is 11.8 Å². The zero-order chi connectivity index (χ0) is 22.9. The maximum atomic E-state index is 11.3. The van der Waals surface area contributed by atoms with E-state index >= 15 is 0 Å². The smallest absolute Gasteiger partial charge is 0.394 e. The summed E-state index contributed by atoms with van der Waals surface area (Å²) in [6.45, 7) is -0.282. The average Bonchev–Trinajstić information content (AvgIpc) is 2.66. The van der Waals surface area contributed by atoms with E-state index in [9.17, 15) is 18.0 Å². The molecule has 5 nitrogen and oxygen atoms in total. The molecule has 1 rings (SSSR count). The molecule has 28 heavy (non-hydrogen) atoms. The molecule has 11 heteroatoms. The van der Waals surface area contributed by atoms with E-state index in [1.807, 2.05) is 0 Å². The van der Waals surface area contributed by atoms with Gasteiger partial charge in [-0.3, -0.25) is 4.79 Å². The van der Waals surface area contributed by atoms with Crippen molar-refractivity contribution in [3.05, 3.63) is 33.8 Å². The minimum Gasteiger partial charge on any atom is -0.394 e. The number of nitrogens with zero attached hydrogens (tertiary/aromatic N) is 1. The van der Waals surface area contributed by atoms with Gasteiger partial charge in [-0.05, 0) is 31.5 Å². The Morgan fingerprint density at radius 2 is 1.75 bits per heavy atom. The highest BCUT2D eigenvalue weighted by Gasteiger charge is 2.39. The first-order chi connectivity index (χ1) is 13.0. The van der Waals surface area contributed by atoms with Crippen molar-refractivity contribution in [3.63, 3.8) is 0 Å². The van der Waals surface area contributed by atoms with Crippen molar-refractivity contribution in [2.24, 2.45) is 5.73 Å². The molecule has 0 aromatic heterocycles. The lowest BCUT2D eigenvalue weighted by molar-refractivity contribution is -0.182. The molecule has 162 valence electrons. The minimum absolute atomic E-state index is 0.233. The number of carbonyl (C=O) groups is 1. The van der Waals surface area contributed by atoms with E-state index < -0.39 is 18.2 Å². The summed E-state index contributed by atoms with van der Waals surface area (Å²) < 4.78 is 33.9. The van der Waals surface area contributed by atoms with E-state index in [0.717, 1.165) is 19.7 Å². The van der Waals surface area contributed by atoms with Crippen LogP contribution in [0.2, 0.25) is 10.0 Å². The van der Waals surface area contributed by atoms with Gasteiger partial charge in [0.2, 0.25) is 0 Å². The maximum Gasteiger partial charge on any atom is 0.471 e. The van der Waals surface area contributed by atoms with Crippen LogP contribution in [0.1, 0.15) is 12.0 Å². The van der Waals surface area contributed by atoms with Crippen molar-refractivity contribution in [2.75, 3.05) is 34.0 Å². The molecule has 4 N–H and O–H groups in total. The third kappa shape index (κ3) is 15.9. The van der Waals surface area contributed by atoms with Crippen LogP contribution in [0.4, 0.5) is 13.2 Å². The minimum atomic E-state index is -4.73. The maximum absolute atomic E-state index is 11.3. The lowest BCUT2D eigenvalue weighted by atomic mass is 10.2. The molecular formula is C17H25Cl2F3N2O3S. The van der Waals surface area contributed by atoms with Crippen molar-refractivity contribution in [1.29, 1.82) is 0 Å². The zero-order valence-corrected chi connectivity index (χ0v) is 18.3. The highest BCUT2D eigenvalue weighted by Crippen LogP contribution is 2.22. The number of aliphatic hydroxyl groups excluding tert-OH is 2. The van der Waals surface area contributed by atoms with Gasteiger partial charge >= 0.3 is 12.1 Å². The monoisotopic (exact) mass is 464 g/mol. The number of amides is 1. The molecule has 1 amide bonds. The molecule has 0 heterocycles. The lowest BCUT2D eigenvalue weighted by Gasteiger charge is -2.11. The molecule has 0 saturated heterocycles. The zero-order valence-electron chi connectivity index (χ0n) is 15.9. The fourth-order valence-corrected chi connectivity index (χ4v) is 1.46. The molecule has 0 aliphatic heterocycles. The van der Waals surface area contributed by atoms with Crippen LogP contribution in [0.15, 0.2) is 18.2 Å². The fraction of sp³-hybridized carbons (Fsp3) is 0.471. The summed E-state index contributed by atoms with van der Waals surface area (Å²) in [6.07, 6.45) is -3.60. The number of benzene rings is 1. The van der Waals surface area contributed by atoms with E-state index in [0.29, 0.717) is 14.9 Å². The Balaban J connectivity index is -0.000000413. The van der Waals surface area contributed by atoms with E-state index in [1.54, 1.807) is 24.5 Å². The second-order valence-electron chi connectivity index (χ2n) is 4.67. The van der Waals surface area contributed by atoms with Gasteiger partial charge < -0.3 is 20.8 Å². The van der Waals surface area contributed by atoms with Crippen LogP contribution >= 0.6 is 35.8 Å². The van der Waals surface area contributed by atoms with Crippen LogP contribution < -0.4 is 5.73 Å². The summed E-state index contributed by atoms with van der Waals surface area (Å²) in [7, 11) is 3.60. The highest BCUT2D eigenvalue weighted by atomic mass is 35.5. The highest BCUT2D eigenvalue weighted by molar-refractivity contribution is 7.79. The van der Waals surface area contributed by atoms with Gasteiger partial charge in [0.25, 0.3) is 0 Å². The number of rotatable bonds is 2. The van der Waals surface area contributed by atoms with Gasteiger partial charge in [-0.1, -0.05) is 35.0 Å². The van der Waals surface area contributed by atoms with Crippen molar-refractivity contribution < 1.29 is 28.2 Å². The molecule has 1 aromatic rings. The van der Waals surface area contributed by atoms with Crippen molar-refractivity contribution in [3.8, 4) is 11.8 Å². The summed E-state index contributed by atoms with van der Waals surface area (Å²) in [6, 6.07) is 5.06. The largest absolute Gasteiger partial charge is 0.471 e. The summed E-state index contributed by atoms with van der Waals surface area (Å²) in [5.74, 6) is 3.72. The predicted molar refractivity (Wildman–Crippen MR) is 111 cm³/mol.